The molecule has 3 aromatic rings. The lowest BCUT2D eigenvalue weighted by molar-refractivity contribution is -0.125. The summed E-state index contributed by atoms with van der Waals surface area (Å²) in [5, 5.41) is 14.4. The van der Waals surface area contributed by atoms with E-state index in [9.17, 15) is 9.59 Å². The van der Waals surface area contributed by atoms with Crippen molar-refractivity contribution in [2.24, 2.45) is 0 Å². The fourth-order valence-corrected chi connectivity index (χ4v) is 4.17. The van der Waals surface area contributed by atoms with Gasteiger partial charge in [-0.25, -0.2) is 4.68 Å². The van der Waals surface area contributed by atoms with Gasteiger partial charge in [-0.2, -0.15) is 0 Å². The van der Waals surface area contributed by atoms with Gasteiger partial charge in [0.15, 0.2) is 0 Å². The second kappa shape index (κ2) is 9.43. The van der Waals surface area contributed by atoms with E-state index in [1.807, 2.05) is 43.3 Å². The van der Waals surface area contributed by atoms with Crippen LogP contribution in [0.25, 0.3) is 5.69 Å². The molecule has 2 amide bonds. The molecule has 1 aromatic heterocycles. The summed E-state index contributed by atoms with van der Waals surface area (Å²) >= 11 is 0. The van der Waals surface area contributed by atoms with E-state index in [1.54, 1.807) is 12.1 Å². The first-order valence-electron chi connectivity index (χ1n) is 10.6. The number of hydrogen-bond donors (Lipinski definition) is 1. The maximum atomic E-state index is 13.5. The molecule has 1 fully saturated rings. The molecule has 0 radical (unpaired) electrons. The highest BCUT2D eigenvalue weighted by atomic mass is 16.2. The van der Waals surface area contributed by atoms with Gasteiger partial charge in [-0.15, -0.1) is 11.5 Å². The lowest BCUT2D eigenvalue weighted by atomic mass is 10.0. The number of hydrogen-bond acceptors (Lipinski definition) is 5. The number of nitrogens with one attached hydrogen (secondary N) is 1. The van der Waals surface area contributed by atoms with E-state index in [-0.39, 0.29) is 11.9 Å². The van der Waals surface area contributed by atoms with Crippen molar-refractivity contribution in [2.45, 2.75) is 44.7 Å². The van der Waals surface area contributed by atoms with Crippen LogP contribution in [0.1, 0.15) is 42.9 Å². The minimum atomic E-state index is -0.890. The molecule has 2 aromatic carbocycles. The molecular formula is C24H24N6O2. The molecule has 1 heterocycles. The molecule has 1 atom stereocenters. The fraction of sp³-hybridized carbons (Fsp3) is 0.292. The third-order valence-electron chi connectivity index (χ3n) is 5.72. The van der Waals surface area contributed by atoms with Gasteiger partial charge in [-0.05, 0) is 65.4 Å². The van der Waals surface area contributed by atoms with Gasteiger partial charge in [0.25, 0.3) is 0 Å². The average Bonchev–Trinajstić information content (AvgIpc) is 3.52. The lowest BCUT2D eigenvalue weighted by Gasteiger charge is -2.31. The van der Waals surface area contributed by atoms with E-state index in [2.05, 4.69) is 26.8 Å². The molecule has 0 aliphatic heterocycles. The molecular weight excluding hydrogens is 404 g/mol. The number of amides is 2. The van der Waals surface area contributed by atoms with Crippen LogP contribution in [0.5, 0.6) is 0 Å². The van der Waals surface area contributed by atoms with E-state index in [0.717, 1.165) is 36.9 Å². The minimum absolute atomic E-state index is 0.112. The van der Waals surface area contributed by atoms with E-state index in [4.69, 9.17) is 6.42 Å². The Balaban J connectivity index is 1.76. The predicted molar refractivity (Wildman–Crippen MR) is 120 cm³/mol. The van der Waals surface area contributed by atoms with Crippen LogP contribution >= 0.6 is 0 Å². The van der Waals surface area contributed by atoms with Crippen LogP contribution in [0.2, 0.25) is 0 Å². The molecule has 32 heavy (non-hydrogen) atoms. The second-order valence-corrected chi connectivity index (χ2v) is 7.85. The Morgan fingerprint density at radius 3 is 2.56 bits per heavy atom. The van der Waals surface area contributed by atoms with Crippen LogP contribution in [-0.2, 0) is 9.59 Å². The molecule has 0 saturated heterocycles. The van der Waals surface area contributed by atoms with Crippen molar-refractivity contribution in [1.29, 1.82) is 0 Å². The second-order valence-electron chi connectivity index (χ2n) is 7.85. The maximum absolute atomic E-state index is 13.5. The number of carbonyl (C=O) groups excluding carboxylic acids is 2. The molecule has 4 rings (SSSR count). The summed E-state index contributed by atoms with van der Waals surface area (Å²) in [4.78, 5) is 27.8. The van der Waals surface area contributed by atoms with Crippen molar-refractivity contribution in [3.63, 3.8) is 0 Å². The van der Waals surface area contributed by atoms with Gasteiger partial charge >= 0.3 is 5.91 Å². The topological polar surface area (TPSA) is 93.0 Å². The molecule has 1 aliphatic rings. The SMILES string of the molecule is C#CC(=O)N(c1ccc(-n2cnnn2)c(C)c1)C(C(=O)NC1CCCC1)c1ccccc1. The largest absolute Gasteiger partial charge is 0.351 e. The summed E-state index contributed by atoms with van der Waals surface area (Å²) in [5.41, 5.74) is 2.80. The predicted octanol–water partition coefficient (Wildman–Crippen LogP) is 2.74. The van der Waals surface area contributed by atoms with Crippen LogP contribution in [-0.4, -0.2) is 38.1 Å². The van der Waals surface area contributed by atoms with Crippen LogP contribution in [0.4, 0.5) is 5.69 Å². The Morgan fingerprint density at radius 2 is 1.94 bits per heavy atom. The van der Waals surface area contributed by atoms with E-state index < -0.39 is 11.9 Å². The van der Waals surface area contributed by atoms with Crippen LogP contribution in [0.15, 0.2) is 54.9 Å². The van der Waals surface area contributed by atoms with Gasteiger partial charge in [0.1, 0.15) is 12.4 Å². The van der Waals surface area contributed by atoms with Crippen molar-refractivity contribution in [3.05, 3.63) is 66.0 Å². The van der Waals surface area contributed by atoms with Gasteiger partial charge in [0, 0.05) is 11.7 Å². The van der Waals surface area contributed by atoms with Crippen LogP contribution in [0, 0.1) is 19.3 Å². The summed E-state index contributed by atoms with van der Waals surface area (Å²) < 4.78 is 1.54. The smallest absolute Gasteiger partial charge is 0.303 e. The van der Waals surface area contributed by atoms with Gasteiger partial charge in [-0.3, -0.25) is 14.5 Å². The quantitative estimate of drug-likeness (QED) is 0.610. The monoisotopic (exact) mass is 428 g/mol. The Hall–Kier alpha value is -3.99. The Labute approximate surface area is 186 Å². The zero-order valence-electron chi connectivity index (χ0n) is 17.8. The number of benzene rings is 2. The molecule has 1 aliphatic carbocycles. The highest BCUT2D eigenvalue weighted by Crippen LogP contribution is 2.31. The van der Waals surface area contributed by atoms with Gasteiger partial charge in [0.05, 0.1) is 5.69 Å². The number of anilines is 1. The molecule has 0 spiro atoms. The molecule has 162 valence electrons. The standard InChI is InChI=1S/C24H24N6O2/c1-3-22(31)30(20-13-14-21(17(2)15-20)29-16-25-27-28-29)23(18-9-5-4-6-10-18)24(32)26-19-11-7-8-12-19/h1,4-6,9-10,13-16,19,23H,7-8,11-12H2,2H3,(H,26,32). The Kier molecular flexibility index (Phi) is 6.26. The first kappa shape index (κ1) is 21.2. The third kappa shape index (κ3) is 4.37. The van der Waals surface area contributed by atoms with Crippen molar-refractivity contribution in [2.75, 3.05) is 4.90 Å². The number of aryl methyl sites for hydroxylation is 1. The molecule has 8 nitrogen and oxygen atoms in total. The highest BCUT2D eigenvalue weighted by Gasteiger charge is 2.33. The number of rotatable bonds is 6. The molecule has 1 saturated carbocycles. The highest BCUT2D eigenvalue weighted by molar-refractivity contribution is 6.09. The van der Waals surface area contributed by atoms with E-state index in [1.165, 1.54) is 15.9 Å². The zero-order chi connectivity index (χ0) is 22.5. The zero-order valence-corrected chi connectivity index (χ0v) is 17.8. The summed E-state index contributed by atoms with van der Waals surface area (Å²) in [7, 11) is 0. The average molecular weight is 428 g/mol. The fourth-order valence-electron chi connectivity index (χ4n) is 4.17. The summed E-state index contributed by atoms with van der Waals surface area (Å²) in [6.45, 7) is 1.88. The van der Waals surface area contributed by atoms with Gasteiger partial charge in [0.2, 0.25) is 5.91 Å². The van der Waals surface area contributed by atoms with E-state index >= 15 is 0 Å². The normalized spacial score (nSPS) is 14.5. The first-order valence-corrected chi connectivity index (χ1v) is 10.6. The first-order chi connectivity index (χ1) is 15.6. The number of nitrogens with zero attached hydrogens (tertiary/aromatic N) is 5. The van der Waals surface area contributed by atoms with Crippen molar-refractivity contribution < 1.29 is 9.59 Å². The summed E-state index contributed by atoms with van der Waals surface area (Å²) in [6.07, 6.45) is 11.1. The van der Waals surface area contributed by atoms with Crippen molar-refractivity contribution in [3.8, 4) is 18.0 Å². The summed E-state index contributed by atoms with van der Waals surface area (Å²) in [6, 6.07) is 13.8. The Bertz CT molecular complexity index is 1130. The number of terminal acetylenes is 1. The maximum Gasteiger partial charge on any atom is 0.303 e. The summed E-state index contributed by atoms with van der Waals surface area (Å²) in [5.74, 6) is 1.36. The van der Waals surface area contributed by atoms with Crippen LogP contribution < -0.4 is 10.2 Å². The van der Waals surface area contributed by atoms with Gasteiger partial charge < -0.3 is 5.32 Å². The Morgan fingerprint density at radius 1 is 1.19 bits per heavy atom. The van der Waals surface area contributed by atoms with Crippen LogP contribution in [0.3, 0.4) is 0 Å². The molecule has 1 N–H and O–H groups in total. The lowest BCUT2D eigenvalue weighted by Crippen LogP contribution is -2.46. The number of tetrazole rings is 1. The van der Waals surface area contributed by atoms with Crippen molar-refractivity contribution >= 4 is 17.5 Å². The molecule has 1 unspecified atom stereocenters. The number of carbonyl (C=O) groups is 2. The third-order valence-corrected chi connectivity index (χ3v) is 5.72. The molecule has 8 heteroatoms. The van der Waals surface area contributed by atoms with E-state index in [0.29, 0.717) is 11.3 Å². The number of aromatic nitrogens is 4. The van der Waals surface area contributed by atoms with Crippen molar-refractivity contribution in [1.82, 2.24) is 25.5 Å². The molecule has 0 bridgehead atoms. The minimum Gasteiger partial charge on any atom is -0.351 e. The van der Waals surface area contributed by atoms with Gasteiger partial charge in [-0.1, -0.05) is 43.2 Å².